The van der Waals surface area contributed by atoms with Crippen molar-refractivity contribution in [3.8, 4) is 11.9 Å². The molecule has 3 nitrogen and oxygen atoms in total. The Morgan fingerprint density at radius 2 is 2.14 bits per heavy atom. The normalized spacial score (nSPS) is 10.8. The largest absolute Gasteiger partial charge is 0.471 e. The van der Waals surface area contributed by atoms with Crippen LogP contribution in [0.1, 0.15) is 26.3 Å². The molecule has 0 fully saturated rings. The molecule has 0 saturated heterocycles. The lowest BCUT2D eigenvalue weighted by atomic mass is 10.2. The molecule has 0 saturated carbocycles. The summed E-state index contributed by atoms with van der Waals surface area (Å²) in [5, 5.41) is 8.85. The highest BCUT2D eigenvalue weighted by Crippen LogP contribution is 2.22. The molecule has 4 heteroatoms. The molecule has 1 aromatic rings. The second-order valence-electron chi connectivity index (χ2n) is 3.83. The first-order chi connectivity index (χ1) is 6.42. The molecule has 0 spiro atoms. The Bertz CT molecular complexity index is 377. The second kappa shape index (κ2) is 3.97. The SMILES string of the molecule is CC(C)(C)Oc1ncc(Br)cc1C#N. The lowest BCUT2D eigenvalue weighted by molar-refractivity contribution is 0.123. The van der Waals surface area contributed by atoms with E-state index in [0.29, 0.717) is 11.4 Å². The average molecular weight is 255 g/mol. The van der Waals surface area contributed by atoms with Crippen LogP contribution in [0.3, 0.4) is 0 Å². The summed E-state index contributed by atoms with van der Waals surface area (Å²) in [6.45, 7) is 5.74. The van der Waals surface area contributed by atoms with Gasteiger partial charge in [0.05, 0.1) is 0 Å². The molecular formula is C10H11BrN2O. The summed E-state index contributed by atoms with van der Waals surface area (Å²) in [5.41, 5.74) is 0.0983. The van der Waals surface area contributed by atoms with Gasteiger partial charge in [-0.1, -0.05) is 0 Å². The van der Waals surface area contributed by atoms with Crippen molar-refractivity contribution in [2.24, 2.45) is 0 Å². The number of rotatable bonds is 1. The zero-order valence-corrected chi connectivity index (χ0v) is 9.92. The van der Waals surface area contributed by atoms with Crippen LogP contribution in [0.25, 0.3) is 0 Å². The molecule has 0 bridgehead atoms. The third-order valence-electron chi connectivity index (χ3n) is 1.34. The molecular weight excluding hydrogens is 244 g/mol. The molecule has 1 rings (SSSR count). The van der Waals surface area contributed by atoms with Gasteiger partial charge >= 0.3 is 0 Å². The van der Waals surface area contributed by atoms with Gasteiger partial charge in [0.1, 0.15) is 17.2 Å². The Labute approximate surface area is 91.8 Å². The van der Waals surface area contributed by atoms with Crippen LogP contribution in [-0.4, -0.2) is 10.6 Å². The first kappa shape index (κ1) is 11.0. The third kappa shape index (κ3) is 3.00. The van der Waals surface area contributed by atoms with Crippen LogP contribution in [0.15, 0.2) is 16.7 Å². The van der Waals surface area contributed by atoms with Gasteiger partial charge in [-0.15, -0.1) is 0 Å². The zero-order valence-electron chi connectivity index (χ0n) is 8.34. The summed E-state index contributed by atoms with van der Waals surface area (Å²) in [6.07, 6.45) is 1.61. The Morgan fingerprint density at radius 3 is 2.64 bits per heavy atom. The van der Waals surface area contributed by atoms with Crippen LogP contribution in [-0.2, 0) is 0 Å². The van der Waals surface area contributed by atoms with Gasteiger partial charge in [0.2, 0.25) is 5.88 Å². The Hall–Kier alpha value is -1.08. The minimum absolute atomic E-state index is 0.341. The molecule has 0 amide bonds. The quantitative estimate of drug-likeness (QED) is 0.775. The number of hydrogen-bond acceptors (Lipinski definition) is 3. The summed E-state index contributed by atoms with van der Waals surface area (Å²) in [5.74, 6) is 0.378. The first-order valence-electron chi connectivity index (χ1n) is 4.17. The third-order valence-corrected chi connectivity index (χ3v) is 1.77. The maximum Gasteiger partial charge on any atom is 0.232 e. The second-order valence-corrected chi connectivity index (χ2v) is 4.75. The van der Waals surface area contributed by atoms with Gasteiger partial charge < -0.3 is 4.74 Å². The lowest BCUT2D eigenvalue weighted by Crippen LogP contribution is -2.24. The predicted molar refractivity (Wildman–Crippen MR) is 57.0 cm³/mol. The summed E-state index contributed by atoms with van der Waals surface area (Å²) >= 11 is 3.25. The topological polar surface area (TPSA) is 45.9 Å². The van der Waals surface area contributed by atoms with Crippen LogP contribution in [0, 0.1) is 11.3 Å². The molecule has 0 aliphatic heterocycles. The van der Waals surface area contributed by atoms with E-state index in [1.807, 2.05) is 26.8 Å². The number of pyridine rings is 1. The first-order valence-corrected chi connectivity index (χ1v) is 4.96. The van der Waals surface area contributed by atoms with E-state index in [2.05, 4.69) is 20.9 Å². The van der Waals surface area contributed by atoms with Crippen molar-refractivity contribution in [3.05, 3.63) is 22.3 Å². The highest BCUT2D eigenvalue weighted by atomic mass is 79.9. The fourth-order valence-electron chi connectivity index (χ4n) is 0.878. The van der Waals surface area contributed by atoms with Crippen LogP contribution >= 0.6 is 15.9 Å². The molecule has 0 aliphatic rings. The number of hydrogen-bond donors (Lipinski definition) is 0. The summed E-state index contributed by atoms with van der Waals surface area (Å²) in [7, 11) is 0. The monoisotopic (exact) mass is 254 g/mol. The molecule has 0 atom stereocenters. The van der Waals surface area contributed by atoms with Crippen molar-refractivity contribution in [3.63, 3.8) is 0 Å². The highest BCUT2D eigenvalue weighted by Gasteiger charge is 2.15. The molecule has 0 radical (unpaired) electrons. The van der Waals surface area contributed by atoms with E-state index in [1.165, 1.54) is 0 Å². The molecule has 0 N–H and O–H groups in total. The number of ether oxygens (including phenoxy) is 1. The van der Waals surface area contributed by atoms with Gasteiger partial charge in [-0.25, -0.2) is 4.98 Å². The van der Waals surface area contributed by atoms with Gasteiger partial charge in [0.15, 0.2) is 0 Å². The van der Waals surface area contributed by atoms with E-state index in [9.17, 15) is 0 Å². The average Bonchev–Trinajstić information content (AvgIpc) is 2.06. The van der Waals surface area contributed by atoms with Crippen LogP contribution in [0.5, 0.6) is 5.88 Å². The number of halogens is 1. The zero-order chi connectivity index (χ0) is 10.8. The lowest BCUT2D eigenvalue weighted by Gasteiger charge is -2.20. The molecule has 14 heavy (non-hydrogen) atoms. The number of nitrogens with zero attached hydrogens (tertiary/aromatic N) is 2. The van der Waals surface area contributed by atoms with Gasteiger partial charge in [-0.2, -0.15) is 5.26 Å². The van der Waals surface area contributed by atoms with Crippen LogP contribution < -0.4 is 4.74 Å². The molecule has 0 aromatic carbocycles. The van der Waals surface area contributed by atoms with E-state index in [1.54, 1.807) is 12.3 Å². The van der Waals surface area contributed by atoms with E-state index < -0.39 is 0 Å². The van der Waals surface area contributed by atoms with Crippen LogP contribution in [0.4, 0.5) is 0 Å². The van der Waals surface area contributed by atoms with Gasteiger partial charge in [-0.05, 0) is 42.8 Å². The highest BCUT2D eigenvalue weighted by molar-refractivity contribution is 9.10. The maximum absolute atomic E-state index is 8.85. The van der Waals surface area contributed by atoms with Gasteiger partial charge in [0.25, 0.3) is 0 Å². The van der Waals surface area contributed by atoms with E-state index >= 15 is 0 Å². The van der Waals surface area contributed by atoms with Crippen molar-refractivity contribution in [2.45, 2.75) is 26.4 Å². The minimum Gasteiger partial charge on any atom is -0.471 e. The number of nitriles is 1. The fourth-order valence-corrected chi connectivity index (χ4v) is 1.21. The van der Waals surface area contributed by atoms with Crippen molar-refractivity contribution < 1.29 is 4.74 Å². The predicted octanol–water partition coefficient (Wildman–Crippen LogP) is 2.89. The Morgan fingerprint density at radius 1 is 1.50 bits per heavy atom. The molecule has 0 unspecified atom stereocenters. The maximum atomic E-state index is 8.85. The van der Waals surface area contributed by atoms with E-state index in [0.717, 1.165) is 4.47 Å². The summed E-state index contributed by atoms with van der Waals surface area (Å²) in [4.78, 5) is 4.04. The van der Waals surface area contributed by atoms with Crippen molar-refractivity contribution in [1.29, 1.82) is 5.26 Å². The smallest absolute Gasteiger partial charge is 0.232 e. The van der Waals surface area contributed by atoms with E-state index in [-0.39, 0.29) is 5.60 Å². The standard InChI is InChI=1S/C10H11BrN2O/c1-10(2,3)14-9-7(5-12)4-8(11)6-13-9/h4,6H,1-3H3. The van der Waals surface area contributed by atoms with E-state index in [4.69, 9.17) is 10.00 Å². The molecule has 0 aliphatic carbocycles. The Kier molecular flexibility index (Phi) is 3.12. The minimum atomic E-state index is -0.341. The van der Waals surface area contributed by atoms with Crippen molar-refractivity contribution >= 4 is 15.9 Å². The summed E-state index contributed by atoms with van der Waals surface area (Å²) in [6, 6.07) is 3.73. The molecule has 1 heterocycles. The number of aromatic nitrogens is 1. The van der Waals surface area contributed by atoms with Crippen molar-refractivity contribution in [2.75, 3.05) is 0 Å². The molecule has 74 valence electrons. The van der Waals surface area contributed by atoms with Gasteiger partial charge in [-0.3, -0.25) is 0 Å². The molecule has 1 aromatic heterocycles. The van der Waals surface area contributed by atoms with Crippen molar-refractivity contribution in [1.82, 2.24) is 4.98 Å². The van der Waals surface area contributed by atoms with Crippen LogP contribution in [0.2, 0.25) is 0 Å². The summed E-state index contributed by atoms with van der Waals surface area (Å²) < 4.78 is 6.30. The van der Waals surface area contributed by atoms with Gasteiger partial charge in [0, 0.05) is 10.7 Å². The Balaban J connectivity index is 3.05. The fraction of sp³-hybridized carbons (Fsp3) is 0.400.